The first kappa shape index (κ1) is 28.2. The molecule has 0 saturated heterocycles. The van der Waals surface area contributed by atoms with Crippen LogP contribution in [0, 0.1) is 5.92 Å². The molecule has 172 valence electrons. The van der Waals surface area contributed by atoms with Gasteiger partial charge in [-0.1, -0.05) is 25.2 Å². The molecule has 0 aliphatic carbocycles. The Morgan fingerprint density at radius 1 is 1.13 bits per heavy atom. The summed E-state index contributed by atoms with van der Waals surface area (Å²) >= 11 is 0. The van der Waals surface area contributed by atoms with Crippen molar-refractivity contribution in [1.29, 1.82) is 0 Å². The van der Waals surface area contributed by atoms with Crippen molar-refractivity contribution in [2.24, 2.45) is 10.9 Å². The first-order chi connectivity index (χ1) is 15.1. The highest BCUT2D eigenvalue weighted by Gasteiger charge is 1.99. The predicted octanol–water partition coefficient (Wildman–Crippen LogP) is 6.47. The fourth-order valence-electron chi connectivity index (χ4n) is 2.36. The number of rotatable bonds is 18. The van der Waals surface area contributed by atoms with Crippen LogP contribution in [0.5, 0.6) is 0 Å². The van der Waals surface area contributed by atoms with Crippen LogP contribution < -0.4 is 0 Å². The third kappa shape index (κ3) is 16.6. The van der Waals surface area contributed by atoms with Gasteiger partial charge < -0.3 is 14.2 Å². The molecule has 1 atom stereocenters. The molecule has 0 fully saturated rings. The van der Waals surface area contributed by atoms with Crippen LogP contribution >= 0.6 is 0 Å². The van der Waals surface area contributed by atoms with E-state index in [0.29, 0.717) is 18.7 Å². The van der Waals surface area contributed by atoms with Crippen molar-refractivity contribution in [3.05, 3.63) is 72.5 Å². The number of aliphatic imine (C=N–C) groups is 1. The fourth-order valence-corrected chi connectivity index (χ4v) is 2.36. The number of ether oxygens (including phenoxy) is 3. The molecule has 0 aromatic rings. The topological polar surface area (TPSA) is 57.1 Å². The number of hydrogen-bond acceptors (Lipinski definition) is 5. The van der Waals surface area contributed by atoms with Gasteiger partial charge in [-0.05, 0) is 77.0 Å². The van der Waals surface area contributed by atoms with Gasteiger partial charge in [-0.25, -0.2) is 0 Å². The van der Waals surface area contributed by atoms with E-state index < -0.39 is 0 Å². The van der Waals surface area contributed by atoms with Crippen molar-refractivity contribution in [3.8, 4) is 0 Å². The predicted molar refractivity (Wildman–Crippen MR) is 130 cm³/mol. The number of unbranched alkanes of at least 4 members (excludes halogenated alkanes) is 1. The molecular weight excluding hydrogens is 390 g/mol. The molecule has 0 aromatic heterocycles. The van der Waals surface area contributed by atoms with E-state index >= 15 is 0 Å². The minimum atomic E-state index is 0.141. The lowest BCUT2D eigenvalue weighted by molar-refractivity contribution is -0.104. The summed E-state index contributed by atoms with van der Waals surface area (Å²) in [6, 6.07) is 0. The monoisotopic (exact) mass is 429 g/mol. The van der Waals surface area contributed by atoms with Crippen molar-refractivity contribution in [2.75, 3.05) is 19.9 Å². The normalized spacial score (nSPS) is 14.4. The summed E-state index contributed by atoms with van der Waals surface area (Å²) in [5.41, 5.74) is 0.694. The second-order valence-electron chi connectivity index (χ2n) is 6.63. The molecule has 0 radical (unpaired) electrons. The summed E-state index contributed by atoms with van der Waals surface area (Å²) in [6.07, 6.45) is 21.4. The summed E-state index contributed by atoms with van der Waals surface area (Å²) < 4.78 is 16.6. The second-order valence-corrected chi connectivity index (χ2v) is 6.63. The van der Waals surface area contributed by atoms with Crippen molar-refractivity contribution in [1.82, 2.24) is 0 Å². The van der Waals surface area contributed by atoms with E-state index in [1.165, 1.54) is 0 Å². The van der Waals surface area contributed by atoms with Gasteiger partial charge in [-0.15, -0.1) is 6.58 Å². The van der Waals surface area contributed by atoms with Crippen LogP contribution in [-0.4, -0.2) is 32.4 Å². The Hall–Kier alpha value is -2.82. The second kappa shape index (κ2) is 20.5. The van der Waals surface area contributed by atoms with Gasteiger partial charge in [0.25, 0.3) is 0 Å². The molecule has 0 aliphatic heterocycles. The van der Waals surface area contributed by atoms with Crippen LogP contribution in [0.3, 0.4) is 0 Å². The minimum Gasteiger partial charge on any atom is -0.494 e. The molecule has 5 heteroatoms. The lowest BCUT2D eigenvalue weighted by Crippen LogP contribution is -1.96. The lowest BCUT2D eigenvalue weighted by Gasteiger charge is -2.08. The maximum atomic E-state index is 10.9. The van der Waals surface area contributed by atoms with E-state index in [2.05, 4.69) is 30.6 Å². The number of hydrogen-bond donors (Lipinski definition) is 0. The zero-order valence-corrected chi connectivity index (χ0v) is 19.6. The third-order valence-corrected chi connectivity index (χ3v) is 4.11. The highest BCUT2D eigenvalue weighted by Crippen LogP contribution is 2.12. The zero-order valence-electron chi connectivity index (χ0n) is 19.6. The van der Waals surface area contributed by atoms with Crippen LogP contribution in [0.4, 0.5) is 0 Å². The number of allylic oxidation sites excluding steroid dienone is 8. The highest BCUT2D eigenvalue weighted by atomic mass is 16.7. The minimum absolute atomic E-state index is 0.141. The first-order valence-corrected chi connectivity index (χ1v) is 10.9. The number of carbonyl (C=O) groups is 1. The average Bonchev–Trinajstić information content (AvgIpc) is 2.78. The molecule has 0 aliphatic rings. The third-order valence-electron chi connectivity index (χ3n) is 4.11. The molecule has 0 aromatic carbocycles. The average molecular weight is 430 g/mol. The molecule has 0 bridgehead atoms. The number of carbonyl (C=O) groups excluding carboxylic acids is 1. The van der Waals surface area contributed by atoms with E-state index in [-0.39, 0.29) is 12.7 Å². The molecule has 0 heterocycles. The van der Waals surface area contributed by atoms with Crippen LogP contribution in [0.15, 0.2) is 77.5 Å². The number of nitrogens with zero attached hydrogens (tertiary/aromatic N) is 1. The summed E-state index contributed by atoms with van der Waals surface area (Å²) in [5, 5.41) is 0. The van der Waals surface area contributed by atoms with Gasteiger partial charge in [0.15, 0.2) is 0 Å². The van der Waals surface area contributed by atoms with Crippen molar-refractivity contribution >= 4 is 12.5 Å². The van der Waals surface area contributed by atoms with E-state index in [1.54, 1.807) is 12.5 Å². The number of aldehydes is 1. The maximum absolute atomic E-state index is 10.9. The summed E-state index contributed by atoms with van der Waals surface area (Å²) in [4.78, 5) is 15.0. The molecular formula is C26H39NO4. The molecule has 0 amide bonds. The lowest BCUT2D eigenvalue weighted by atomic mass is 10.1. The molecule has 0 rings (SSSR count). The highest BCUT2D eigenvalue weighted by molar-refractivity contribution is 5.74. The van der Waals surface area contributed by atoms with Crippen LogP contribution in [0.2, 0.25) is 0 Å². The standard InChI is InChI=1S/C26H39NO4/c1-6-10-15-26(30-9-4)17-16-24(7-2)18-19-29-22-31-23(5)13-11-12-14-25(21-28)20-27-8-3/h7-8,10,13-15,17-19,21,24H,2,6,9,11-12,16,20,22H2,1,3-5H3/b15-10-,19-18-,23-13-,25-14+,26-17-,27-8-. The summed E-state index contributed by atoms with van der Waals surface area (Å²) in [7, 11) is 0. The van der Waals surface area contributed by atoms with Crippen LogP contribution in [0.25, 0.3) is 0 Å². The molecule has 5 nitrogen and oxygen atoms in total. The fraction of sp³-hybridized carbons (Fsp3) is 0.462. The largest absolute Gasteiger partial charge is 0.494 e. The summed E-state index contributed by atoms with van der Waals surface area (Å²) in [6.45, 7) is 12.9. The summed E-state index contributed by atoms with van der Waals surface area (Å²) in [5.74, 6) is 1.81. The van der Waals surface area contributed by atoms with Gasteiger partial charge in [-0.3, -0.25) is 9.79 Å². The Bertz CT molecular complexity index is 669. The molecule has 0 saturated carbocycles. The quantitative estimate of drug-likeness (QED) is 0.0366. The Balaban J connectivity index is 4.33. The Labute approximate surface area is 188 Å². The van der Waals surface area contributed by atoms with Crippen LogP contribution in [0.1, 0.15) is 53.4 Å². The van der Waals surface area contributed by atoms with Gasteiger partial charge in [0, 0.05) is 11.5 Å². The molecule has 0 spiro atoms. The van der Waals surface area contributed by atoms with Gasteiger partial charge in [-0.2, -0.15) is 0 Å². The molecule has 0 N–H and O–H groups in total. The van der Waals surface area contributed by atoms with E-state index in [1.807, 2.05) is 51.2 Å². The smallest absolute Gasteiger partial charge is 0.229 e. The van der Waals surface area contributed by atoms with Crippen molar-refractivity contribution < 1.29 is 19.0 Å². The van der Waals surface area contributed by atoms with E-state index in [9.17, 15) is 4.79 Å². The molecule has 1 unspecified atom stereocenters. The Kier molecular flexibility index (Phi) is 18.6. The molecule has 31 heavy (non-hydrogen) atoms. The Morgan fingerprint density at radius 2 is 1.90 bits per heavy atom. The van der Waals surface area contributed by atoms with Crippen molar-refractivity contribution in [3.63, 3.8) is 0 Å². The van der Waals surface area contributed by atoms with Crippen molar-refractivity contribution in [2.45, 2.75) is 53.4 Å². The van der Waals surface area contributed by atoms with Crippen LogP contribution in [-0.2, 0) is 19.0 Å². The Morgan fingerprint density at radius 3 is 2.55 bits per heavy atom. The maximum Gasteiger partial charge on any atom is 0.229 e. The van der Waals surface area contributed by atoms with Gasteiger partial charge >= 0.3 is 0 Å². The SMILES string of the molecule is C=CC(/C=C\OCO/C(C)=C\CC/C=C(/C=O)C/N=C\C)C/C=C(/C=C\CC)OCC. The first-order valence-electron chi connectivity index (χ1n) is 10.9. The van der Waals surface area contributed by atoms with E-state index in [0.717, 1.165) is 43.5 Å². The van der Waals surface area contributed by atoms with Gasteiger partial charge in [0.2, 0.25) is 6.79 Å². The van der Waals surface area contributed by atoms with E-state index in [4.69, 9.17) is 14.2 Å². The van der Waals surface area contributed by atoms with Gasteiger partial charge in [0.1, 0.15) is 12.0 Å². The zero-order chi connectivity index (χ0) is 23.2. The van der Waals surface area contributed by atoms with Gasteiger partial charge in [0.05, 0.1) is 25.2 Å².